The van der Waals surface area contributed by atoms with E-state index in [9.17, 15) is 4.39 Å². The topological polar surface area (TPSA) is 55.9 Å². The molecule has 20 heavy (non-hydrogen) atoms. The predicted octanol–water partition coefficient (Wildman–Crippen LogP) is 3.03. The average Bonchev–Trinajstić information content (AvgIpc) is 2.65. The lowest BCUT2D eigenvalue weighted by molar-refractivity contribution is 0.523. The van der Waals surface area contributed by atoms with Crippen molar-refractivity contribution in [2.45, 2.75) is 19.4 Å². The summed E-state index contributed by atoms with van der Waals surface area (Å²) in [6, 6.07) is 4.23. The van der Waals surface area contributed by atoms with Gasteiger partial charge in [0.2, 0.25) is 0 Å². The van der Waals surface area contributed by atoms with Crippen molar-refractivity contribution in [3.63, 3.8) is 0 Å². The molecule has 0 saturated heterocycles. The Labute approximate surface area is 130 Å². The molecule has 0 spiro atoms. The molecular formula is C13H15BrClFN4. The van der Waals surface area contributed by atoms with Gasteiger partial charge in [-0.25, -0.2) is 4.39 Å². The lowest BCUT2D eigenvalue weighted by Crippen LogP contribution is -2.30. The third-order valence-corrected chi connectivity index (χ3v) is 4.41. The number of rotatable bonds is 4. The fraction of sp³-hybridized carbons (Fsp3) is 0.308. The van der Waals surface area contributed by atoms with Crippen molar-refractivity contribution in [3.8, 4) is 0 Å². The van der Waals surface area contributed by atoms with E-state index in [1.54, 1.807) is 10.7 Å². The molecule has 1 aromatic carbocycles. The monoisotopic (exact) mass is 360 g/mol. The van der Waals surface area contributed by atoms with Crippen molar-refractivity contribution in [3.05, 3.63) is 50.5 Å². The molecule has 108 valence electrons. The summed E-state index contributed by atoms with van der Waals surface area (Å²) in [4.78, 5) is 0. The van der Waals surface area contributed by atoms with E-state index >= 15 is 0 Å². The first-order valence-corrected chi connectivity index (χ1v) is 7.20. The van der Waals surface area contributed by atoms with Crippen LogP contribution in [0.1, 0.15) is 23.0 Å². The molecule has 3 N–H and O–H groups in total. The van der Waals surface area contributed by atoms with Gasteiger partial charge in [0.15, 0.2) is 0 Å². The zero-order chi connectivity index (χ0) is 14.9. The van der Waals surface area contributed by atoms with E-state index in [4.69, 9.17) is 17.4 Å². The van der Waals surface area contributed by atoms with Gasteiger partial charge < -0.3 is 0 Å². The Morgan fingerprint density at radius 2 is 2.25 bits per heavy atom. The number of nitrogens with one attached hydrogen (secondary N) is 1. The second-order valence-electron chi connectivity index (χ2n) is 4.56. The Bertz CT molecular complexity index is 629. The molecule has 0 aliphatic heterocycles. The normalized spacial score (nSPS) is 12.7. The highest BCUT2D eigenvalue weighted by atomic mass is 79.9. The molecule has 4 nitrogen and oxygen atoms in total. The first kappa shape index (κ1) is 15.4. The predicted molar refractivity (Wildman–Crippen MR) is 80.8 cm³/mol. The van der Waals surface area contributed by atoms with Crippen LogP contribution < -0.4 is 11.3 Å². The quantitative estimate of drug-likeness (QED) is 0.650. The molecule has 0 saturated carbocycles. The van der Waals surface area contributed by atoms with Gasteiger partial charge >= 0.3 is 0 Å². The van der Waals surface area contributed by atoms with Gasteiger partial charge in [-0.2, -0.15) is 5.10 Å². The number of halogens is 3. The van der Waals surface area contributed by atoms with Gasteiger partial charge in [-0.05, 0) is 30.7 Å². The minimum Gasteiger partial charge on any atom is -0.271 e. The zero-order valence-electron chi connectivity index (χ0n) is 11.1. The number of benzene rings is 1. The summed E-state index contributed by atoms with van der Waals surface area (Å²) in [5.74, 6) is 5.30. The molecule has 0 bridgehead atoms. The molecular weight excluding hydrogens is 347 g/mol. The Hall–Kier alpha value is -0.950. The van der Waals surface area contributed by atoms with Crippen molar-refractivity contribution in [1.82, 2.24) is 15.2 Å². The molecule has 1 atom stereocenters. The van der Waals surface area contributed by atoms with Crippen LogP contribution >= 0.6 is 27.5 Å². The number of aromatic nitrogens is 2. The molecule has 0 radical (unpaired) electrons. The van der Waals surface area contributed by atoms with Crippen LogP contribution in [0.5, 0.6) is 0 Å². The Morgan fingerprint density at radius 3 is 2.80 bits per heavy atom. The number of nitrogens with zero attached hydrogens (tertiary/aromatic N) is 2. The Balaban J connectivity index is 2.36. The molecule has 0 aliphatic carbocycles. The van der Waals surface area contributed by atoms with Crippen molar-refractivity contribution < 1.29 is 4.39 Å². The first-order chi connectivity index (χ1) is 9.43. The van der Waals surface area contributed by atoms with Gasteiger partial charge in [0.1, 0.15) is 5.82 Å². The van der Waals surface area contributed by atoms with Gasteiger partial charge in [0, 0.05) is 17.9 Å². The van der Waals surface area contributed by atoms with Crippen LogP contribution in [0.4, 0.5) is 4.39 Å². The molecule has 2 rings (SSSR count). The summed E-state index contributed by atoms with van der Waals surface area (Å²) >= 11 is 9.65. The molecule has 0 amide bonds. The lowest BCUT2D eigenvalue weighted by Gasteiger charge is -2.18. The highest BCUT2D eigenvalue weighted by Crippen LogP contribution is 2.29. The number of hydrazine groups is 1. The number of hydrogen-bond acceptors (Lipinski definition) is 3. The molecule has 1 aromatic heterocycles. The SMILES string of the molecule is Cc1nn(C)c(CC(NN)c2cc(F)ccc2Br)c1Cl. The molecule has 0 aliphatic rings. The fourth-order valence-electron chi connectivity index (χ4n) is 2.14. The summed E-state index contributed by atoms with van der Waals surface area (Å²) in [7, 11) is 1.82. The largest absolute Gasteiger partial charge is 0.271 e. The van der Waals surface area contributed by atoms with E-state index in [0.29, 0.717) is 11.4 Å². The highest BCUT2D eigenvalue weighted by Gasteiger charge is 2.19. The van der Waals surface area contributed by atoms with Crippen LogP contribution in [0.15, 0.2) is 22.7 Å². The molecule has 7 heteroatoms. The molecule has 2 aromatic rings. The Kier molecular flexibility index (Phi) is 4.80. The fourth-order valence-corrected chi connectivity index (χ4v) is 2.90. The van der Waals surface area contributed by atoms with Gasteiger partial charge in [-0.3, -0.25) is 16.0 Å². The summed E-state index contributed by atoms with van der Waals surface area (Å²) in [5.41, 5.74) is 5.05. The third-order valence-electron chi connectivity index (χ3n) is 3.19. The molecule has 1 heterocycles. The van der Waals surface area contributed by atoms with E-state index in [0.717, 1.165) is 21.4 Å². The van der Waals surface area contributed by atoms with E-state index in [1.807, 2.05) is 14.0 Å². The van der Waals surface area contributed by atoms with Crippen molar-refractivity contribution in [2.75, 3.05) is 0 Å². The standard InChI is InChI=1S/C13H15BrClFN4/c1-7-13(15)12(20(2)19-7)6-11(18-17)9-5-8(16)3-4-10(9)14/h3-5,11,18H,6,17H2,1-2H3. The maximum atomic E-state index is 13.4. The van der Waals surface area contributed by atoms with Crippen molar-refractivity contribution in [2.24, 2.45) is 12.9 Å². The van der Waals surface area contributed by atoms with Crippen molar-refractivity contribution >= 4 is 27.5 Å². The van der Waals surface area contributed by atoms with E-state index < -0.39 is 0 Å². The van der Waals surface area contributed by atoms with Crippen LogP contribution in [0.25, 0.3) is 0 Å². The third kappa shape index (κ3) is 3.03. The minimum absolute atomic E-state index is 0.271. The van der Waals surface area contributed by atoms with E-state index in [2.05, 4.69) is 26.5 Å². The van der Waals surface area contributed by atoms with E-state index in [1.165, 1.54) is 12.1 Å². The lowest BCUT2D eigenvalue weighted by atomic mass is 10.0. The van der Waals surface area contributed by atoms with Gasteiger partial charge in [-0.15, -0.1) is 0 Å². The number of aryl methyl sites for hydroxylation is 2. The number of hydrogen-bond donors (Lipinski definition) is 2. The second-order valence-corrected chi connectivity index (χ2v) is 5.79. The van der Waals surface area contributed by atoms with Gasteiger partial charge in [0.05, 0.1) is 22.5 Å². The summed E-state index contributed by atoms with van der Waals surface area (Å²) in [5, 5.41) is 4.87. The van der Waals surface area contributed by atoms with Gasteiger partial charge in [-0.1, -0.05) is 27.5 Å². The smallest absolute Gasteiger partial charge is 0.123 e. The highest BCUT2D eigenvalue weighted by molar-refractivity contribution is 9.10. The average molecular weight is 362 g/mol. The maximum absolute atomic E-state index is 13.4. The van der Waals surface area contributed by atoms with E-state index in [-0.39, 0.29) is 11.9 Å². The second kappa shape index (κ2) is 6.22. The van der Waals surface area contributed by atoms with Crippen LogP contribution in [0.3, 0.4) is 0 Å². The maximum Gasteiger partial charge on any atom is 0.123 e. The number of nitrogens with two attached hydrogens (primary N) is 1. The van der Waals surface area contributed by atoms with Crippen molar-refractivity contribution in [1.29, 1.82) is 0 Å². The van der Waals surface area contributed by atoms with Crippen LogP contribution in [0, 0.1) is 12.7 Å². The zero-order valence-corrected chi connectivity index (χ0v) is 13.5. The van der Waals surface area contributed by atoms with Crippen LogP contribution in [-0.4, -0.2) is 9.78 Å². The molecule has 0 fully saturated rings. The van der Waals surface area contributed by atoms with Gasteiger partial charge in [0.25, 0.3) is 0 Å². The van der Waals surface area contributed by atoms with Crippen LogP contribution in [0.2, 0.25) is 5.02 Å². The van der Waals surface area contributed by atoms with Crippen LogP contribution in [-0.2, 0) is 13.5 Å². The minimum atomic E-state index is -0.310. The molecule has 1 unspecified atom stereocenters. The Morgan fingerprint density at radius 1 is 1.55 bits per heavy atom. The summed E-state index contributed by atoms with van der Waals surface area (Å²) in [6.45, 7) is 1.84. The summed E-state index contributed by atoms with van der Waals surface area (Å²) in [6.07, 6.45) is 0.509. The first-order valence-electron chi connectivity index (χ1n) is 6.03. The summed E-state index contributed by atoms with van der Waals surface area (Å²) < 4.78 is 15.9.